The molecule has 16 heavy (non-hydrogen) atoms. The highest BCUT2D eigenvalue weighted by Gasteiger charge is 1.97. The van der Waals surface area contributed by atoms with Gasteiger partial charge in [-0.15, -0.1) is 0 Å². The quantitative estimate of drug-likeness (QED) is 0.684. The molecule has 1 rings (SSSR count). The number of carbonyl (C=O) groups excluding carboxylic acids is 1. The van der Waals surface area contributed by atoms with Gasteiger partial charge in [-0.2, -0.15) is 0 Å². The molecule has 0 bridgehead atoms. The monoisotopic (exact) mass is 219 g/mol. The normalized spacial score (nSPS) is 10.6. The van der Waals surface area contributed by atoms with Gasteiger partial charge in [-0.05, 0) is 11.6 Å². The molecule has 86 valence electrons. The fourth-order valence-corrected chi connectivity index (χ4v) is 1.12. The molecular weight excluding hydrogens is 202 g/mol. The molecule has 0 aromatic heterocycles. The van der Waals surface area contributed by atoms with Crippen LogP contribution in [0.15, 0.2) is 42.6 Å². The third-order valence-electron chi connectivity index (χ3n) is 1.91. The molecule has 0 aliphatic rings. The summed E-state index contributed by atoms with van der Waals surface area (Å²) in [6, 6.07) is 9.80. The summed E-state index contributed by atoms with van der Waals surface area (Å²) >= 11 is 0. The average Bonchev–Trinajstić information content (AvgIpc) is 2.28. The van der Waals surface area contributed by atoms with E-state index in [0.717, 1.165) is 5.56 Å². The van der Waals surface area contributed by atoms with Crippen LogP contribution in [-0.4, -0.2) is 31.4 Å². The first-order valence-corrected chi connectivity index (χ1v) is 5.17. The molecule has 0 unspecified atom stereocenters. The maximum absolute atomic E-state index is 11.3. The van der Waals surface area contributed by atoms with Crippen molar-refractivity contribution in [3.05, 3.63) is 48.2 Å². The Kier molecular flexibility index (Phi) is 5.29. The SMILES string of the molecule is CN(C)/C=C/C(=O)COCc1ccccc1. The van der Waals surface area contributed by atoms with Gasteiger partial charge in [0.25, 0.3) is 0 Å². The van der Waals surface area contributed by atoms with Crippen molar-refractivity contribution in [2.45, 2.75) is 6.61 Å². The largest absolute Gasteiger partial charge is 0.383 e. The van der Waals surface area contributed by atoms with Crippen LogP contribution >= 0.6 is 0 Å². The number of benzene rings is 1. The topological polar surface area (TPSA) is 29.5 Å². The second-order valence-corrected chi connectivity index (χ2v) is 3.72. The van der Waals surface area contributed by atoms with Gasteiger partial charge in [-0.25, -0.2) is 0 Å². The summed E-state index contributed by atoms with van der Waals surface area (Å²) in [6.07, 6.45) is 3.24. The molecule has 0 saturated heterocycles. The molecule has 0 heterocycles. The van der Waals surface area contributed by atoms with Crippen LogP contribution in [0.3, 0.4) is 0 Å². The Bertz CT molecular complexity index is 344. The van der Waals surface area contributed by atoms with E-state index in [4.69, 9.17) is 4.74 Å². The van der Waals surface area contributed by atoms with Crippen molar-refractivity contribution in [2.75, 3.05) is 20.7 Å². The molecule has 0 aliphatic carbocycles. The van der Waals surface area contributed by atoms with Gasteiger partial charge in [-0.1, -0.05) is 30.3 Å². The summed E-state index contributed by atoms with van der Waals surface area (Å²) in [5.74, 6) is -0.0235. The Morgan fingerprint density at radius 1 is 1.31 bits per heavy atom. The van der Waals surface area contributed by atoms with Crippen LogP contribution in [-0.2, 0) is 16.1 Å². The number of ether oxygens (including phenoxy) is 1. The van der Waals surface area contributed by atoms with E-state index in [1.807, 2.05) is 49.3 Å². The number of nitrogens with zero attached hydrogens (tertiary/aromatic N) is 1. The van der Waals surface area contributed by atoms with E-state index in [9.17, 15) is 4.79 Å². The van der Waals surface area contributed by atoms with Crippen molar-refractivity contribution < 1.29 is 9.53 Å². The lowest BCUT2D eigenvalue weighted by molar-refractivity contribution is -0.119. The zero-order valence-electron chi connectivity index (χ0n) is 9.72. The molecule has 0 N–H and O–H groups in total. The minimum Gasteiger partial charge on any atom is -0.383 e. The fraction of sp³-hybridized carbons (Fsp3) is 0.308. The van der Waals surface area contributed by atoms with Gasteiger partial charge >= 0.3 is 0 Å². The molecule has 0 aliphatic heterocycles. The first-order chi connectivity index (χ1) is 7.68. The van der Waals surface area contributed by atoms with Crippen LogP contribution in [0.2, 0.25) is 0 Å². The lowest BCUT2D eigenvalue weighted by Crippen LogP contribution is -2.08. The van der Waals surface area contributed by atoms with E-state index in [1.165, 1.54) is 6.08 Å². The Labute approximate surface area is 96.3 Å². The Morgan fingerprint density at radius 3 is 2.62 bits per heavy atom. The predicted octanol–water partition coefficient (Wildman–Crippen LogP) is 1.85. The lowest BCUT2D eigenvalue weighted by atomic mass is 10.2. The highest BCUT2D eigenvalue weighted by molar-refractivity contribution is 5.90. The van der Waals surface area contributed by atoms with Crippen molar-refractivity contribution in [1.29, 1.82) is 0 Å². The van der Waals surface area contributed by atoms with Crippen molar-refractivity contribution in [3.8, 4) is 0 Å². The summed E-state index contributed by atoms with van der Waals surface area (Å²) in [6.45, 7) is 0.599. The molecule has 0 saturated carbocycles. The molecule has 1 aromatic rings. The van der Waals surface area contributed by atoms with E-state index in [2.05, 4.69) is 0 Å². The Hall–Kier alpha value is -1.61. The van der Waals surface area contributed by atoms with Crippen molar-refractivity contribution in [1.82, 2.24) is 4.90 Å². The molecule has 0 amide bonds. The lowest BCUT2D eigenvalue weighted by Gasteiger charge is -2.04. The van der Waals surface area contributed by atoms with Crippen LogP contribution in [0.5, 0.6) is 0 Å². The van der Waals surface area contributed by atoms with Crippen molar-refractivity contribution in [2.24, 2.45) is 0 Å². The van der Waals surface area contributed by atoms with Gasteiger partial charge in [0.15, 0.2) is 5.78 Å². The van der Waals surface area contributed by atoms with E-state index in [-0.39, 0.29) is 12.4 Å². The summed E-state index contributed by atoms with van der Waals surface area (Å²) < 4.78 is 5.29. The first-order valence-electron chi connectivity index (χ1n) is 5.17. The number of ketones is 1. The smallest absolute Gasteiger partial charge is 0.182 e. The zero-order chi connectivity index (χ0) is 11.8. The van der Waals surface area contributed by atoms with Gasteiger partial charge in [0, 0.05) is 20.3 Å². The highest BCUT2D eigenvalue weighted by Crippen LogP contribution is 2.00. The number of rotatable bonds is 6. The van der Waals surface area contributed by atoms with E-state index < -0.39 is 0 Å². The van der Waals surface area contributed by atoms with Crippen LogP contribution in [0.4, 0.5) is 0 Å². The number of carbonyl (C=O) groups is 1. The van der Waals surface area contributed by atoms with Crippen LogP contribution in [0, 0.1) is 0 Å². The molecular formula is C13H17NO2. The Balaban J connectivity index is 2.23. The molecule has 0 radical (unpaired) electrons. The summed E-state index contributed by atoms with van der Waals surface area (Å²) in [5, 5.41) is 0. The van der Waals surface area contributed by atoms with E-state index >= 15 is 0 Å². The predicted molar refractivity (Wildman–Crippen MR) is 63.9 cm³/mol. The number of hydrogen-bond donors (Lipinski definition) is 0. The molecule has 0 fully saturated rings. The van der Waals surface area contributed by atoms with Gasteiger partial charge in [0.1, 0.15) is 6.61 Å². The highest BCUT2D eigenvalue weighted by atomic mass is 16.5. The third-order valence-corrected chi connectivity index (χ3v) is 1.91. The molecule has 0 atom stereocenters. The van der Waals surface area contributed by atoms with Crippen LogP contribution in [0.25, 0.3) is 0 Å². The standard InChI is InChI=1S/C13H17NO2/c1-14(2)9-8-13(15)11-16-10-12-6-4-3-5-7-12/h3-9H,10-11H2,1-2H3/b9-8+. The Morgan fingerprint density at radius 2 is 2.00 bits per heavy atom. The van der Waals surface area contributed by atoms with Crippen LogP contribution in [0.1, 0.15) is 5.56 Å². The fourth-order valence-electron chi connectivity index (χ4n) is 1.12. The average molecular weight is 219 g/mol. The van der Waals surface area contributed by atoms with Gasteiger partial charge < -0.3 is 9.64 Å². The van der Waals surface area contributed by atoms with Crippen molar-refractivity contribution in [3.63, 3.8) is 0 Å². The minimum absolute atomic E-state index is 0.0235. The van der Waals surface area contributed by atoms with E-state index in [0.29, 0.717) is 6.61 Å². The van der Waals surface area contributed by atoms with Crippen molar-refractivity contribution >= 4 is 5.78 Å². The summed E-state index contributed by atoms with van der Waals surface area (Å²) in [4.78, 5) is 13.1. The zero-order valence-corrected chi connectivity index (χ0v) is 9.72. The van der Waals surface area contributed by atoms with E-state index in [1.54, 1.807) is 6.20 Å². The second kappa shape index (κ2) is 6.80. The molecule has 1 aromatic carbocycles. The maximum Gasteiger partial charge on any atom is 0.182 e. The van der Waals surface area contributed by atoms with Gasteiger partial charge in [0.05, 0.1) is 6.61 Å². The molecule has 3 nitrogen and oxygen atoms in total. The number of hydrogen-bond acceptors (Lipinski definition) is 3. The third kappa shape index (κ3) is 5.32. The second-order valence-electron chi connectivity index (χ2n) is 3.72. The maximum atomic E-state index is 11.3. The van der Waals surface area contributed by atoms with Gasteiger partial charge in [0.2, 0.25) is 0 Å². The minimum atomic E-state index is -0.0235. The van der Waals surface area contributed by atoms with Crippen LogP contribution < -0.4 is 0 Å². The molecule has 0 spiro atoms. The summed E-state index contributed by atoms with van der Waals surface area (Å²) in [5.41, 5.74) is 1.08. The summed E-state index contributed by atoms with van der Waals surface area (Å²) in [7, 11) is 3.74. The van der Waals surface area contributed by atoms with Gasteiger partial charge in [-0.3, -0.25) is 4.79 Å². The molecule has 3 heteroatoms. The first kappa shape index (κ1) is 12.5.